The van der Waals surface area contributed by atoms with Crippen molar-refractivity contribution < 1.29 is 19.4 Å². The fourth-order valence-electron chi connectivity index (χ4n) is 5.39. The molecule has 1 heterocycles. The summed E-state index contributed by atoms with van der Waals surface area (Å²) in [5.74, 6) is 1.53. The summed E-state index contributed by atoms with van der Waals surface area (Å²) in [6.07, 6.45) is 5.25. The average Bonchev–Trinajstić information content (AvgIpc) is 2.73. The summed E-state index contributed by atoms with van der Waals surface area (Å²) in [5, 5.41) is 13.9. The number of aliphatic hydroxyl groups is 1. The van der Waals surface area contributed by atoms with Crippen molar-refractivity contribution in [2.75, 3.05) is 5.32 Å². The predicted molar refractivity (Wildman–Crippen MR) is 126 cm³/mol. The predicted octanol–water partition coefficient (Wildman–Crippen LogP) is 5.46. The molecule has 2 aliphatic rings. The van der Waals surface area contributed by atoms with Gasteiger partial charge in [0, 0.05) is 36.3 Å². The van der Waals surface area contributed by atoms with Gasteiger partial charge in [-0.1, -0.05) is 30.3 Å². The van der Waals surface area contributed by atoms with Crippen molar-refractivity contribution in [3.05, 3.63) is 53.6 Å². The molecule has 1 aliphatic carbocycles. The summed E-state index contributed by atoms with van der Waals surface area (Å²) in [6.45, 7) is 5.71. The Morgan fingerprint density at radius 2 is 2.00 bits per heavy atom. The minimum Gasteiger partial charge on any atom is -0.491 e. The van der Waals surface area contributed by atoms with E-state index in [2.05, 4.69) is 43.4 Å². The molecule has 172 valence electrons. The molecule has 0 radical (unpaired) electrons. The summed E-state index contributed by atoms with van der Waals surface area (Å²) in [6, 6.07) is 14.7. The normalized spacial score (nSPS) is 25.1. The van der Waals surface area contributed by atoms with Crippen molar-refractivity contribution in [3.8, 4) is 11.5 Å². The van der Waals surface area contributed by atoms with E-state index < -0.39 is 0 Å². The number of nitrogens with one attached hydrogen (secondary N) is 1. The number of rotatable bonds is 7. The number of hydrogen-bond acceptors (Lipinski definition) is 5. The summed E-state index contributed by atoms with van der Waals surface area (Å²) in [5.41, 5.74) is 3.30. The monoisotopic (exact) mass is 437 g/mol. The zero-order chi connectivity index (χ0) is 22.7. The van der Waals surface area contributed by atoms with Crippen molar-refractivity contribution in [1.29, 1.82) is 0 Å². The molecular formula is C27H35NO4. The maximum absolute atomic E-state index is 11.9. The minimum absolute atomic E-state index is 0.0483. The molecule has 2 aromatic carbocycles. The molecule has 32 heavy (non-hydrogen) atoms. The fraction of sp³-hybridized carbons (Fsp3) is 0.519. The number of anilines is 1. The van der Waals surface area contributed by atoms with Gasteiger partial charge >= 0.3 is 5.97 Å². The zero-order valence-electron chi connectivity index (χ0n) is 19.3. The van der Waals surface area contributed by atoms with Crippen LogP contribution >= 0.6 is 0 Å². The number of ether oxygens (including phenoxy) is 2. The van der Waals surface area contributed by atoms with E-state index >= 15 is 0 Å². The van der Waals surface area contributed by atoms with Crippen LogP contribution in [0.1, 0.15) is 69.9 Å². The van der Waals surface area contributed by atoms with E-state index in [-0.39, 0.29) is 24.1 Å². The van der Waals surface area contributed by atoms with E-state index in [4.69, 9.17) is 9.47 Å². The second kappa shape index (κ2) is 9.95. The van der Waals surface area contributed by atoms with Crippen molar-refractivity contribution in [3.63, 3.8) is 0 Å². The highest BCUT2D eigenvalue weighted by molar-refractivity contribution is 5.73. The van der Waals surface area contributed by atoms with Gasteiger partial charge in [-0.3, -0.25) is 4.79 Å². The molecule has 1 aliphatic heterocycles. The van der Waals surface area contributed by atoms with Gasteiger partial charge in [0.1, 0.15) is 11.5 Å². The second-order valence-corrected chi connectivity index (χ2v) is 9.45. The van der Waals surface area contributed by atoms with Gasteiger partial charge in [0.05, 0.1) is 12.2 Å². The topological polar surface area (TPSA) is 67.8 Å². The number of carbonyl (C=O) groups excluding carboxylic acids is 1. The zero-order valence-corrected chi connectivity index (χ0v) is 19.3. The summed E-state index contributed by atoms with van der Waals surface area (Å²) in [7, 11) is 0. The maximum atomic E-state index is 11.9. The Balaban J connectivity index is 1.51. The van der Waals surface area contributed by atoms with Crippen LogP contribution < -0.4 is 14.8 Å². The Morgan fingerprint density at radius 3 is 2.75 bits per heavy atom. The van der Waals surface area contributed by atoms with E-state index in [9.17, 15) is 9.90 Å². The molecule has 5 nitrogen and oxygen atoms in total. The number of aliphatic hydroxyl groups excluding tert-OH is 1. The smallest absolute Gasteiger partial charge is 0.308 e. The van der Waals surface area contributed by atoms with Crippen LogP contribution in [0.25, 0.3) is 0 Å². The lowest BCUT2D eigenvalue weighted by atomic mass is 9.68. The van der Waals surface area contributed by atoms with Crippen molar-refractivity contribution in [2.24, 2.45) is 5.92 Å². The van der Waals surface area contributed by atoms with Gasteiger partial charge in [-0.15, -0.1) is 0 Å². The Kier molecular flexibility index (Phi) is 7.04. The van der Waals surface area contributed by atoms with Crippen molar-refractivity contribution >= 4 is 11.7 Å². The highest BCUT2D eigenvalue weighted by atomic mass is 16.5. The fourth-order valence-corrected chi connectivity index (χ4v) is 5.39. The Morgan fingerprint density at radius 1 is 1.22 bits per heavy atom. The Hall–Kier alpha value is -2.53. The molecule has 1 fully saturated rings. The van der Waals surface area contributed by atoms with Crippen molar-refractivity contribution in [1.82, 2.24) is 0 Å². The number of aryl methyl sites for hydroxylation is 1. The average molecular weight is 438 g/mol. The Bertz CT molecular complexity index is 929. The summed E-state index contributed by atoms with van der Waals surface area (Å²) in [4.78, 5) is 11.9. The first kappa shape index (κ1) is 22.7. The molecule has 2 aromatic rings. The van der Waals surface area contributed by atoms with Crippen LogP contribution in [0.2, 0.25) is 0 Å². The number of esters is 1. The molecule has 0 aromatic heterocycles. The van der Waals surface area contributed by atoms with Crippen LogP contribution in [0.3, 0.4) is 0 Å². The molecule has 1 saturated carbocycles. The van der Waals surface area contributed by atoms with E-state index in [1.165, 1.54) is 12.5 Å². The first-order valence-electron chi connectivity index (χ1n) is 11.9. The van der Waals surface area contributed by atoms with Crippen LogP contribution in [0, 0.1) is 5.92 Å². The Labute approximate surface area is 191 Å². The standard InChI is InChI=1S/C27H35NO4/c1-17(8-7-11-20-9-5-4-6-10-20)31-22-15-25-27(26(16-22)32-19(3)29)24-14-21(30)12-13-23(24)18(2)28-25/h4-6,9-10,15-18,21,23-24,28,30H,7-8,11-14H2,1-3H3/t17-,18-,21+,23-,24-/m0/s1. The quantitative estimate of drug-likeness (QED) is 0.445. The largest absolute Gasteiger partial charge is 0.491 e. The molecule has 5 atom stereocenters. The maximum Gasteiger partial charge on any atom is 0.308 e. The molecule has 0 bridgehead atoms. The second-order valence-electron chi connectivity index (χ2n) is 9.45. The highest BCUT2D eigenvalue weighted by Crippen LogP contribution is 2.51. The van der Waals surface area contributed by atoms with Crippen LogP contribution in [-0.2, 0) is 11.2 Å². The van der Waals surface area contributed by atoms with Gasteiger partial charge < -0.3 is 19.9 Å². The van der Waals surface area contributed by atoms with Gasteiger partial charge in [0.2, 0.25) is 0 Å². The lowest BCUT2D eigenvalue weighted by molar-refractivity contribution is -0.131. The molecule has 0 saturated heterocycles. The molecule has 5 heteroatoms. The number of hydrogen-bond donors (Lipinski definition) is 2. The minimum atomic E-state index is -0.341. The number of fused-ring (bicyclic) bond motifs is 3. The summed E-state index contributed by atoms with van der Waals surface area (Å²) >= 11 is 0. The molecule has 0 unspecified atom stereocenters. The summed E-state index contributed by atoms with van der Waals surface area (Å²) < 4.78 is 11.9. The van der Waals surface area contributed by atoms with Gasteiger partial charge in [0.15, 0.2) is 0 Å². The molecule has 0 amide bonds. The first-order valence-corrected chi connectivity index (χ1v) is 11.9. The first-order chi connectivity index (χ1) is 15.4. The third kappa shape index (κ3) is 5.26. The van der Waals surface area contributed by atoms with Gasteiger partial charge in [-0.05, 0) is 69.8 Å². The van der Waals surface area contributed by atoms with E-state index in [0.717, 1.165) is 43.4 Å². The van der Waals surface area contributed by atoms with Crippen LogP contribution in [-0.4, -0.2) is 29.3 Å². The van der Waals surface area contributed by atoms with E-state index in [1.54, 1.807) is 0 Å². The van der Waals surface area contributed by atoms with E-state index in [0.29, 0.717) is 29.9 Å². The van der Waals surface area contributed by atoms with E-state index in [1.807, 2.05) is 18.2 Å². The molecular weight excluding hydrogens is 402 g/mol. The SMILES string of the molecule is CC(=O)Oc1cc(O[C@@H](C)CCCc2ccccc2)cc2c1[C@H]1C[C@H](O)CC[C@H]1[C@H](C)N2. The van der Waals surface area contributed by atoms with Crippen LogP contribution in [0.15, 0.2) is 42.5 Å². The highest BCUT2D eigenvalue weighted by Gasteiger charge is 2.41. The third-order valence-electron chi connectivity index (χ3n) is 6.90. The number of carbonyl (C=O) groups is 1. The molecule has 0 spiro atoms. The molecule has 4 rings (SSSR count). The number of benzene rings is 2. The van der Waals surface area contributed by atoms with Gasteiger partial charge in [-0.25, -0.2) is 0 Å². The van der Waals surface area contributed by atoms with Crippen molar-refractivity contribution in [2.45, 2.75) is 83.5 Å². The lowest BCUT2D eigenvalue weighted by Crippen LogP contribution is -2.40. The molecule has 2 N–H and O–H groups in total. The van der Waals surface area contributed by atoms with Crippen LogP contribution in [0.4, 0.5) is 5.69 Å². The van der Waals surface area contributed by atoms with Gasteiger partial charge in [-0.2, -0.15) is 0 Å². The van der Waals surface area contributed by atoms with Crippen LogP contribution in [0.5, 0.6) is 11.5 Å². The van der Waals surface area contributed by atoms with Gasteiger partial charge in [0.25, 0.3) is 0 Å². The lowest BCUT2D eigenvalue weighted by Gasteiger charge is -2.44. The third-order valence-corrected chi connectivity index (χ3v) is 6.90.